The first-order chi connectivity index (χ1) is 11.9. The average molecular weight is 322 g/mol. The van der Waals surface area contributed by atoms with E-state index in [-0.39, 0.29) is 6.79 Å². The van der Waals surface area contributed by atoms with Gasteiger partial charge in [0.05, 0.1) is 6.21 Å². The number of rotatable bonds is 5. The van der Waals surface area contributed by atoms with Crippen LogP contribution in [-0.2, 0) is 6.61 Å². The molecule has 0 saturated carbocycles. The molecule has 2 heterocycles. The Labute approximate surface area is 138 Å². The van der Waals surface area contributed by atoms with Gasteiger partial charge in [-0.2, -0.15) is 5.10 Å². The van der Waals surface area contributed by atoms with Gasteiger partial charge in [0, 0.05) is 0 Å². The van der Waals surface area contributed by atoms with E-state index in [1.165, 1.54) is 17.3 Å². The highest BCUT2D eigenvalue weighted by molar-refractivity contribution is 5.79. The lowest BCUT2D eigenvalue weighted by molar-refractivity contribution is 0.174. The minimum Gasteiger partial charge on any atom is -0.489 e. The molecule has 0 bridgehead atoms. The Hall–Kier alpha value is -3.35. The van der Waals surface area contributed by atoms with Crippen LogP contribution in [0.4, 0.5) is 0 Å². The zero-order valence-electron chi connectivity index (χ0n) is 12.7. The van der Waals surface area contributed by atoms with Crippen LogP contribution in [-0.4, -0.2) is 27.9 Å². The van der Waals surface area contributed by atoms with Gasteiger partial charge in [-0.25, -0.2) is 4.68 Å². The Kier molecular flexibility index (Phi) is 3.81. The summed E-state index contributed by atoms with van der Waals surface area (Å²) in [5.74, 6) is 2.32. The quantitative estimate of drug-likeness (QED) is 0.675. The van der Waals surface area contributed by atoms with Crippen LogP contribution >= 0.6 is 0 Å². The van der Waals surface area contributed by atoms with E-state index in [2.05, 4.69) is 15.3 Å². The van der Waals surface area contributed by atoms with Gasteiger partial charge in [0.1, 0.15) is 25.0 Å². The van der Waals surface area contributed by atoms with Crippen molar-refractivity contribution in [3.05, 3.63) is 66.2 Å². The predicted octanol–water partition coefficient (Wildman–Crippen LogP) is 2.47. The van der Waals surface area contributed by atoms with Crippen LogP contribution in [0.2, 0.25) is 0 Å². The fourth-order valence-corrected chi connectivity index (χ4v) is 2.24. The Bertz CT molecular complexity index is 845. The number of hydrogen-bond donors (Lipinski definition) is 0. The second kappa shape index (κ2) is 6.41. The molecular formula is C17H14N4O3. The number of ether oxygens (including phenoxy) is 3. The molecule has 3 aromatic rings. The highest BCUT2D eigenvalue weighted by atomic mass is 16.7. The first kappa shape index (κ1) is 14.3. The Morgan fingerprint density at radius 2 is 1.83 bits per heavy atom. The van der Waals surface area contributed by atoms with Crippen LogP contribution < -0.4 is 14.2 Å². The van der Waals surface area contributed by atoms with Crippen LogP contribution in [0, 0.1) is 0 Å². The normalized spacial score (nSPS) is 12.7. The minimum atomic E-state index is 0.276. The number of benzene rings is 2. The van der Waals surface area contributed by atoms with E-state index >= 15 is 0 Å². The molecule has 7 heteroatoms. The monoisotopic (exact) mass is 322 g/mol. The van der Waals surface area contributed by atoms with Gasteiger partial charge >= 0.3 is 0 Å². The molecular weight excluding hydrogens is 308 g/mol. The van der Waals surface area contributed by atoms with Gasteiger partial charge in [-0.1, -0.05) is 6.07 Å². The van der Waals surface area contributed by atoms with Crippen molar-refractivity contribution in [3.8, 4) is 17.2 Å². The SMILES string of the molecule is C(=N/n1cnnc1)/c1ccc(OCc2ccc3c(c2)OCO3)cc1. The largest absolute Gasteiger partial charge is 0.489 e. The highest BCUT2D eigenvalue weighted by Gasteiger charge is 2.13. The molecule has 1 aromatic heterocycles. The Morgan fingerprint density at radius 3 is 2.67 bits per heavy atom. The van der Waals surface area contributed by atoms with Crippen LogP contribution in [0.5, 0.6) is 17.2 Å². The Balaban J connectivity index is 1.37. The summed E-state index contributed by atoms with van der Waals surface area (Å²) in [5.41, 5.74) is 1.98. The molecule has 0 spiro atoms. The van der Waals surface area contributed by atoms with Crippen LogP contribution in [0.15, 0.2) is 60.2 Å². The van der Waals surface area contributed by atoms with E-state index in [0.717, 1.165) is 28.4 Å². The zero-order valence-corrected chi connectivity index (χ0v) is 12.7. The molecule has 0 saturated heterocycles. The lowest BCUT2D eigenvalue weighted by Gasteiger charge is -2.07. The van der Waals surface area contributed by atoms with Gasteiger partial charge in [-0.15, -0.1) is 10.2 Å². The van der Waals surface area contributed by atoms with Crippen molar-refractivity contribution in [3.63, 3.8) is 0 Å². The molecule has 0 N–H and O–H groups in total. The third-order valence-corrected chi connectivity index (χ3v) is 3.47. The molecule has 0 radical (unpaired) electrons. The van der Waals surface area contributed by atoms with Gasteiger partial charge in [-0.3, -0.25) is 0 Å². The molecule has 120 valence electrons. The predicted molar refractivity (Wildman–Crippen MR) is 86.4 cm³/mol. The highest BCUT2D eigenvalue weighted by Crippen LogP contribution is 2.32. The molecule has 2 aromatic carbocycles. The second-order valence-corrected chi connectivity index (χ2v) is 5.13. The van der Waals surface area contributed by atoms with E-state index in [4.69, 9.17) is 14.2 Å². The number of nitrogens with zero attached hydrogens (tertiary/aromatic N) is 4. The molecule has 7 nitrogen and oxygen atoms in total. The van der Waals surface area contributed by atoms with Gasteiger partial charge < -0.3 is 14.2 Å². The average Bonchev–Trinajstić information content (AvgIpc) is 3.30. The van der Waals surface area contributed by atoms with E-state index in [9.17, 15) is 0 Å². The first-order valence-corrected chi connectivity index (χ1v) is 7.37. The lowest BCUT2D eigenvalue weighted by atomic mass is 10.2. The summed E-state index contributed by atoms with van der Waals surface area (Å²) in [7, 11) is 0. The van der Waals surface area contributed by atoms with Gasteiger partial charge in [0.2, 0.25) is 6.79 Å². The first-order valence-electron chi connectivity index (χ1n) is 7.37. The number of aromatic nitrogens is 3. The topological polar surface area (TPSA) is 70.8 Å². The van der Waals surface area contributed by atoms with Crippen LogP contribution in [0.25, 0.3) is 0 Å². The van der Waals surface area contributed by atoms with Gasteiger partial charge in [-0.05, 0) is 47.5 Å². The maximum absolute atomic E-state index is 5.79. The van der Waals surface area contributed by atoms with Crippen molar-refractivity contribution in [1.29, 1.82) is 0 Å². The number of fused-ring (bicyclic) bond motifs is 1. The van der Waals surface area contributed by atoms with Gasteiger partial charge in [0.25, 0.3) is 0 Å². The molecule has 0 amide bonds. The molecule has 1 aliphatic heterocycles. The molecule has 24 heavy (non-hydrogen) atoms. The number of hydrogen-bond acceptors (Lipinski definition) is 6. The van der Waals surface area contributed by atoms with Crippen LogP contribution in [0.1, 0.15) is 11.1 Å². The Morgan fingerprint density at radius 1 is 1.04 bits per heavy atom. The van der Waals surface area contributed by atoms with E-state index in [1.807, 2.05) is 42.5 Å². The molecule has 0 aliphatic carbocycles. The van der Waals surface area contributed by atoms with E-state index in [0.29, 0.717) is 6.61 Å². The fourth-order valence-electron chi connectivity index (χ4n) is 2.24. The lowest BCUT2D eigenvalue weighted by Crippen LogP contribution is -1.96. The van der Waals surface area contributed by atoms with Crippen molar-refractivity contribution in [1.82, 2.24) is 14.9 Å². The summed E-state index contributed by atoms with van der Waals surface area (Å²) in [6.07, 6.45) is 4.78. The van der Waals surface area contributed by atoms with Gasteiger partial charge in [0.15, 0.2) is 11.5 Å². The maximum Gasteiger partial charge on any atom is 0.231 e. The van der Waals surface area contributed by atoms with E-state index in [1.54, 1.807) is 6.21 Å². The van der Waals surface area contributed by atoms with E-state index < -0.39 is 0 Å². The summed E-state index contributed by atoms with van der Waals surface area (Å²) in [5, 5.41) is 11.6. The summed E-state index contributed by atoms with van der Waals surface area (Å²) in [6.45, 7) is 0.739. The molecule has 0 atom stereocenters. The minimum absolute atomic E-state index is 0.276. The molecule has 4 rings (SSSR count). The summed E-state index contributed by atoms with van der Waals surface area (Å²) in [4.78, 5) is 0. The zero-order chi connectivity index (χ0) is 16.2. The maximum atomic E-state index is 5.79. The third kappa shape index (κ3) is 3.19. The molecule has 1 aliphatic rings. The molecule has 0 unspecified atom stereocenters. The van der Waals surface area contributed by atoms with Crippen molar-refractivity contribution in [2.45, 2.75) is 6.61 Å². The fraction of sp³-hybridized carbons (Fsp3) is 0.118. The van der Waals surface area contributed by atoms with Crippen LogP contribution in [0.3, 0.4) is 0 Å². The van der Waals surface area contributed by atoms with Crippen molar-refractivity contribution >= 4 is 6.21 Å². The smallest absolute Gasteiger partial charge is 0.231 e. The van der Waals surface area contributed by atoms with Crippen molar-refractivity contribution in [2.75, 3.05) is 6.79 Å². The molecule has 0 fully saturated rings. The summed E-state index contributed by atoms with van der Waals surface area (Å²) >= 11 is 0. The van der Waals surface area contributed by atoms with Crippen molar-refractivity contribution < 1.29 is 14.2 Å². The summed E-state index contributed by atoms with van der Waals surface area (Å²) < 4.78 is 18.0. The summed E-state index contributed by atoms with van der Waals surface area (Å²) in [6, 6.07) is 13.5. The third-order valence-electron chi connectivity index (χ3n) is 3.47. The standard InChI is InChI=1S/C17H14N4O3/c1-4-15(5-2-13(1)8-20-21-10-18-19-11-21)22-9-14-3-6-16-17(7-14)24-12-23-16/h1-8,10-11H,9,12H2/b20-8-. The second-order valence-electron chi connectivity index (χ2n) is 5.13. The van der Waals surface area contributed by atoms with Crippen molar-refractivity contribution in [2.24, 2.45) is 5.10 Å².